The average Bonchev–Trinajstić information content (AvgIpc) is 3.16. The van der Waals surface area contributed by atoms with Crippen molar-refractivity contribution in [2.45, 2.75) is 30.8 Å². The smallest absolute Gasteiger partial charge is 0.408 e. The van der Waals surface area contributed by atoms with E-state index in [9.17, 15) is 19.5 Å². The lowest BCUT2D eigenvalue weighted by Gasteiger charge is -2.40. The number of nitrogens with one attached hydrogen (secondary N) is 1. The SMILES string of the molecule is COCC(C)(NC(=O)OCC1c2ccccc2-c2ccccc21)C(=O)N1CCOCC1CC(=O)O. The molecule has 0 bridgehead atoms. The van der Waals surface area contributed by atoms with Gasteiger partial charge in [0.2, 0.25) is 0 Å². The van der Waals surface area contributed by atoms with Gasteiger partial charge in [0.25, 0.3) is 5.91 Å². The summed E-state index contributed by atoms with van der Waals surface area (Å²) in [6.45, 7) is 2.18. The first-order valence-electron chi connectivity index (χ1n) is 11.6. The van der Waals surface area contributed by atoms with E-state index < -0.39 is 29.6 Å². The molecule has 1 aliphatic heterocycles. The first-order valence-corrected chi connectivity index (χ1v) is 11.6. The van der Waals surface area contributed by atoms with Crippen LogP contribution >= 0.6 is 0 Å². The summed E-state index contributed by atoms with van der Waals surface area (Å²) in [5.74, 6) is -1.59. The van der Waals surface area contributed by atoms with Crippen LogP contribution in [-0.2, 0) is 23.8 Å². The number of nitrogens with zero attached hydrogens (tertiary/aromatic N) is 1. The number of carbonyl (C=O) groups is 3. The minimum Gasteiger partial charge on any atom is -0.481 e. The van der Waals surface area contributed by atoms with Gasteiger partial charge >= 0.3 is 12.1 Å². The van der Waals surface area contributed by atoms with Crippen LogP contribution in [0.1, 0.15) is 30.4 Å². The molecule has 2 atom stereocenters. The third-order valence-electron chi connectivity index (χ3n) is 6.53. The van der Waals surface area contributed by atoms with Gasteiger partial charge in [0.15, 0.2) is 0 Å². The van der Waals surface area contributed by atoms with Crippen molar-refractivity contribution in [3.05, 3.63) is 59.7 Å². The van der Waals surface area contributed by atoms with Gasteiger partial charge in [-0.05, 0) is 29.2 Å². The largest absolute Gasteiger partial charge is 0.481 e. The van der Waals surface area contributed by atoms with Crippen molar-refractivity contribution in [1.82, 2.24) is 10.2 Å². The number of morpholine rings is 1. The summed E-state index contributed by atoms with van der Waals surface area (Å²) in [5, 5.41) is 11.9. The summed E-state index contributed by atoms with van der Waals surface area (Å²) in [7, 11) is 1.43. The van der Waals surface area contributed by atoms with Gasteiger partial charge < -0.3 is 29.5 Å². The molecular weight excluding hydrogens is 452 g/mol. The molecule has 1 saturated heterocycles. The number of alkyl carbamates (subject to hydrolysis) is 1. The van der Waals surface area contributed by atoms with Gasteiger partial charge in [-0.3, -0.25) is 9.59 Å². The molecule has 2 unspecified atom stereocenters. The monoisotopic (exact) mass is 482 g/mol. The maximum absolute atomic E-state index is 13.5. The van der Waals surface area contributed by atoms with Gasteiger partial charge in [-0.2, -0.15) is 0 Å². The Morgan fingerprint density at radius 2 is 1.74 bits per heavy atom. The molecule has 2 N–H and O–H groups in total. The molecule has 1 aliphatic carbocycles. The predicted molar refractivity (Wildman–Crippen MR) is 127 cm³/mol. The minimum atomic E-state index is -1.44. The second kappa shape index (κ2) is 10.5. The van der Waals surface area contributed by atoms with Crippen LogP contribution in [0.4, 0.5) is 4.79 Å². The first kappa shape index (κ1) is 24.7. The fraction of sp³-hybridized carbons (Fsp3) is 0.423. The van der Waals surface area contributed by atoms with E-state index in [1.807, 2.05) is 36.4 Å². The highest BCUT2D eigenvalue weighted by atomic mass is 16.5. The van der Waals surface area contributed by atoms with E-state index in [4.69, 9.17) is 14.2 Å². The van der Waals surface area contributed by atoms with Crippen LogP contribution < -0.4 is 5.32 Å². The van der Waals surface area contributed by atoms with Gasteiger partial charge in [0.05, 0.1) is 32.3 Å². The second-order valence-electron chi connectivity index (χ2n) is 9.04. The standard InChI is InChI=1S/C26H30N2O7/c1-26(16-33-2,24(31)28-11-12-34-14-17(28)13-23(29)30)27-25(32)35-15-22-20-9-5-3-7-18(20)19-8-4-6-10-21(19)22/h3-10,17,22H,11-16H2,1-2H3,(H,27,32)(H,29,30). The molecule has 1 fully saturated rings. The Kier molecular flexibility index (Phi) is 7.37. The maximum atomic E-state index is 13.5. The molecule has 1 heterocycles. The molecule has 0 saturated carbocycles. The number of methoxy groups -OCH3 is 1. The Balaban J connectivity index is 1.46. The highest BCUT2D eigenvalue weighted by Crippen LogP contribution is 2.44. The highest BCUT2D eigenvalue weighted by molar-refractivity contribution is 5.90. The van der Waals surface area contributed by atoms with E-state index in [0.29, 0.717) is 0 Å². The molecule has 2 aliphatic rings. The topological polar surface area (TPSA) is 114 Å². The predicted octanol–water partition coefficient (Wildman–Crippen LogP) is 2.63. The normalized spacial score (nSPS) is 18.8. The Morgan fingerprint density at radius 3 is 2.34 bits per heavy atom. The Morgan fingerprint density at radius 1 is 1.11 bits per heavy atom. The summed E-state index contributed by atoms with van der Waals surface area (Å²) in [5.41, 5.74) is 2.97. The fourth-order valence-electron chi connectivity index (χ4n) is 4.91. The lowest BCUT2D eigenvalue weighted by Crippen LogP contribution is -2.64. The zero-order valence-electron chi connectivity index (χ0n) is 19.9. The van der Waals surface area contributed by atoms with E-state index >= 15 is 0 Å². The summed E-state index contributed by atoms with van der Waals surface area (Å²) < 4.78 is 16.2. The van der Waals surface area contributed by atoms with Crippen molar-refractivity contribution in [2.75, 3.05) is 40.1 Å². The summed E-state index contributed by atoms with van der Waals surface area (Å²) in [4.78, 5) is 39.0. The zero-order valence-corrected chi connectivity index (χ0v) is 19.9. The Hall–Kier alpha value is -3.43. The minimum absolute atomic E-state index is 0.104. The van der Waals surface area contributed by atoms with Gasteiger partial charge in [-0.25, -0.2) is 4.79 Å². The molecule has 2 aromatic rings. The van der Waals surface area contributed by atoms with Crippen molar-refractivity contribution in [2.24, 2.45) is 0 Å². The number of hydrogen-bond donors (Lipinski definition) is 2. The first-order chi connectivity index (χ1) is 16.8. The molecule has 4 rings (SSSR count). The van der Waals surface area contributed by atoms with Crippen LogP contribution in [0.3, 0.4) is 0 Å². The van der Waals surface area contributed by atoms with E-state index in [0.717, 1.165) is 22.3 Å². The van der Waals surface area contributed by atoms with Gasteiger partial charge in [-0.1, -0.05) is 48.5 Å². The molecule has 0 spiro atoms. The maximum Gasteiger partial charge on any atom is 0.408 e. The van der Waals surface area contributed by atoms with Crippen molar-refractivity contribution in [1.29, 1.82) is 0 Å². The van der Waals surface area contributed by atoms with Crippen molar-refractivity contribution >= 4 is 18.0 Å². The number of benzene rings is 2. The molecule has 2 aromatic carbocycles. The number of amides is 2. The number of fused-ring (bicyclic) bond motifs is 3. The molecule has 9 nitrogen and oxygen atoms in total. The van der Waals surface area contributed by atoms with Gasteiger partial charge in [0, 0.05) is 19.6 Å². The molecular formula is C26H30N2O7. The van der Waals surface area contributed by atoms with E-state index in [2.05, 4.69) is 17.4 Å². The number of carboxylic acids is 1. The summed E-state index contributed by atoms with van der Waals surface area (Å²) in [6.07, 6.45) is -0.998. The van der Waals surface area contributed by atoms with Gasteiger partial charge in [-0.15, -0.1) is 0 Å². The van der Waals surface area contributed by atoms with Crippen molar-refractivity contribution < 1.29 is 33.7 Å². The zero-order chi connectivity index (χ0) is 25.0. The molecule has 35 heavy (non-hydrogen) atoms. The van der Waals surface area contributed by atoms with E-state index in [-0.39, 0.29) is 45.3 Å². The summed E-state index contributed by atoms with van der Waals surface area (Å²) in [6, 6.07) is 15.4. The third-order valence-corrected chi connectivity index (χ3v) is 6.53. The molecule has 9 heteroatoms. The highest BCUT2D eigenvalue weighted by Gasteiger charge is 2.43. The number of hydrogen-bond acceptors (Lipinski definition) is 6. The van der Waals surface area contributed by atoms with Crippen LogP contribution in [0.5, 0.6) is 0 Å². The average molecular weight is 483 g/mol. The molecule has 2 amide bonds. The van der Waals surface area contributed by atoms with Crippen LogP contribution in [0.2, 0.25) is 0 Å². The second-order valence-corrected chi connectivity index (χ2v) is 9.04. The number of rotatable bonds is 8. The Labute approximate surface area is 204 Å². The quantitative estimate of drug-likeness (QED) is 0.594. The number of carbonyl (C=O) groups excluding carboxylic acids is 2. The number of aliphatic carboxylic acids is 1. The molecule has 0 aromatic heterocycles. The Bertz CT molecular complexity index is 1060. The van der Waals surface area contributed by atoms with Crippen LogP contribution in [0.25, 0.3) is 11.1 Å². The van der Waals surface area contributed by atoms with Crippen molar-refractivity contribution in [3.8, 4) is 11.1 Å². The molecule has 186 valence electrons. The van der Waals surface area contributed by atoms with E-state index in [1.165, 1.54) is 12.0 Å². The van der Waals surface area contributed by atoms with Crippen molar-refractivity contribution in [3.63, 3.8) is 0 Å². The number of carboxylic acid groups (broad SMARTS) is 1. The van der Waals surface area contributed by atoms with E-state index in [1.54, 1.807) is 6.92 Å². The lowest BCUT2D eigenvalue weighted by molar-refractivity contribution is -0.152. The lowest BCUT2D eigenvalue weighted by atomic mass is 9.98. The van der Waals surface area contributed by atoms with Crippen LogP contribution in [0.15, 0.2) is 48.5 Å². The molecule has 0 radical (unpaired) electrons. The van der Waals surface area contributed by atoms with Gasteiger partial charge in [0.1, 0.15) is 12.1 Å². The fourth-order valence-corrected chi connectivity index (χ4v) is 4.91. The van der Waals surface area contributed by atoms with Crippen LogP contribution in [0, 0.1) is 0 Å². The summed E-state index contributed by atoms with van der Waals surface area (Å²) >= 11 is 0. The third kappa shape index (κ3) is 5.16. The number of ether oxygens (including phenoxy) is 3. The van der Waals surface area contributed by atoms with Crippen LogP contribution in [-0.4, -0.2) is 79.6 Å².